The molecular formula is C21H27NO4S. The fraction of sp³-hybridized carbons (Fsp3) is 0.381. The van der Waals surface area contributed by atoms with Crippen LogP contribution in [0.2, 0.25) is 0 Å². The van der Waals surface area contributed by atoms with Crippen molar-refractivity contribution in [3.63, 3.8) is 0 Å². The van der Waals surface area contributed by atoms with Crippen molar-refractivity contribution in [1.82, 2.24) is 0 Å². The van der Waals surface area contributed by atoms with Crippen LogP contribution in [0.15, 0.2) is 53.4 Å². The van der Waals surface area contributed by atoms with E-state index in [1.165, 1.54) is 12.1 Å². The van der Waals surface area contributed by atoms with Crippen LogP contribution >= 0.6 is 0 Å². The molecule has 0 radical (unpaired) electrons. The van der Waals surface area contributed by atoms with E-state index >= 15 is 0 Å². The summed E-state index contributed by atoms with van der Waals surface area (Å²) in [4.78, 5) is 14.8. The first-order chi connectivity index (χ1) is 12.9. The first kappa shape index (κ1) is 21.0. The Bertz CT molecular complexity index is 873. The van der Waals surface area contributed by atoms with Gasteiger partial charge in [-0.1, -0.05) is 37.3 Å². The van der Waals surface area contributed by atoms with Gasteiger partial charge in [-0.3, -0.25) is 0 Å². The zero-order valence-electron chi connectivity index (χ0n) is 16.1. The maximum absolute atomic E-state index is 12.6. The number of para-hydroxylation sites is 1. The molecule has 0 aromatic heterocycles. The van der Waals surface area contributed by atoms with E-state index in [0.717, 1.165) is 24.3 Å². The molecule has 0 N–H and O–H groups in total. The van der Waals surface area contributed by atoms with E-state index < -0.39 is 15.8 Å². The predicted molar refractivity (Wildman–Crippen MR) is 108 cm³/mol. The van der Waals surface area contributed by atoms with Crippen molar-refractivity contribution in [2.75, 3.05) is 23.7 Å². The third kappa shape index (κ3) is 5.10. The number of carbonyl (C=O) groups is 1. The van der Waals surface area contributed by atoms with Gasteiger partial charge in [0.25, 0.3) is 0 Å². The molecular weight excluding hydrogens is 362 g/mol. The van der Waals surface area contributed by atoms with Gasteiger partial charge in [-0.25, -0.2) is 13.2 Å². The fourth-order valence-corrected chi connectivity index (χ4v) is 4.54. The topological polar surface area (TPSA) is 63.7 Å². The van der Waals surface area contributed by atoms with Crippen molar-refractivity contribution in [2.45, 2.75) is 38.7 Å². The molecule has 0 fully saturated rings. The first-order valence-electron chi connectivity index (χ1n) is 9.26. The first-order valence-corrected chi connectivity index (χ1v) is 10.9. The highest BCUT2D eigenvalue weighted by atomic mass is 32.2. The number of sulfone groups is 1. The average molecular weight is 390 g/mol. The van der Waals surface area contributed by atoms with E-state index in [-0.39, 0.29) is 22.8 Å². The lowest BCUT2D eigenvalue weighted by Crippen LogP contribution is -2.23. The van der Waals surface area contributed by atoms with Gasteiger partial charge in [0.1, 0.15) is 6.61 Å². The lowest BCUT2D eigenvalue weighted by molar-refractivity contribution is 0.0468. The molecule has 0 spiro atoms. The Labute approximate surface area is 161 Å². The molecule has 0 aliphatic rings. The summed E-state index contributed by atoms with van der Waals surface area (Å²) in [5.41, 5.74) is 2.00. The Morgan fingerprint density at radius 2 is 1.59 bits per heavy atom. The van der Waals surface area contributed by atoms with Gasteiger partial charge in [0, 0.05) is 24.3 Å². The lowest BCUT2D eigenvalue weighted by Gasteiger charge is -2.24. The normalized spacial score (nSPS) is 11.2. The minimum atomic E-state index is -3.51. The number of benzene rings is 2. The molecule has 0 aliphatic heterocycles. The summed E-state index contributed by atoms with van der Waals surface area (Å²) in [6.45, 7) is 7.72. The fourth-order valence-electron chi connectivity index (χ4n) is 3.01. The average Bonchev–Trinajstić information content (AvgIpc) is 2.68. The van der Waals surface area contributed by atoms with Crippen LogP contribution in [-0.2, 0) is 21.2 Å². The van der Waals surface area contributed by atoms with Gasteiger partial charge in [-0.05, 0) is 38.5 Å². The number of hydrogen-bond acceptors (Lipinski definition) is 5. The van der Waals surface area contributed by atoms with Crippen molar-refractivity contribution in [3.8, 4) is 0 Å². The second kappa shape index (κ2) is 9.55. The van der Waals surface area contributed by atoms with Gasteiger partial charge in [0.2, 0.25) is 0 Å². The smallest absolute Gasteiger partial charge is 0.339 e. The third-order valence-electron chi connectivity index (χ3n) is 4.37. The maximum atomic E-state index is 12.6. The highest BCUT2D eigenvalue weighted by Gasteiger charge is 2.22. The lowest BCUT2D eigenvalue weighted by atomic mass is 10.1. The van der Waals surface area contributed by atoms with Crippen LogP contribution in [0.5, 0.6) is 0 Å². The van der Waals surface area contributed by atoms with Gasteiger partial charge in [0.15, 0.2) is 9.84 Å². The second-order valence-corrected chi connectivity index (χ2v) is 8.27. The summed E-state index contributed by atoms with van der Waals surface area (Å²) in [5, 5.41) is 0. The minimum Gasteiger partial charge on any atom is -0.457 e. The molecule has 2 aromatic carbocycles. The van der Waals surface area contributed by atoms with Crippen LogP contribution in [0.4, 0.5) is 5.69 Å². The summed E-state index contributed by atoms with van der Waals surface area (Å²) in [7, 11) is -3.51. The molecule has 0 saturated carbocycles. The zero-order chi connectivity index (χ0) is 19.9. The molecule has 146 valence electrons. The van der Waals surface area contributed by atoms with Crippen LogP contribution in [-0.4, -0.2) is 33.2 Å². The van der Waals surface area contributed by atoms with Crippen LogP contribution < -0.4 is 4.90 Å². The third-order valence-corrected chi connectivity index (χ3v) is 6.34. The largest absolute Gasteiger partial charge is 0.457 e. The number of hydrogen-bond donors (Lipinski definition) is 0. The maximum Gasteiger partial charge on any atom is 0.339 e. The number of carbonyl (C=O) groups excluding carboxylic acids is 1. The molecule has 0 saturated heterocycles. The summed E-state index contributed by atoms with van der Waals surface area (Å²) < 4.78 is 30.4. The Balaban J connectivity index is 2.24. The molecule has 0 unspecified atom stereocenters. The Morgan fingerprint density at radius 1 is 0.963 bits per heavy atom. The van der Waals surface area contributed by atoms with E-state index in [1.54, 1.807) is 19.1 Å². The Hall–Kier alpha value is -2.34. The van der Waals surface area contributed by atoms with Crippen molar-refractivity contribution in [3.05, 3.63) is 59.7 Å². The molecule has 0 atom stereocenters. The standard InChI is InChI=1S/C21H27NO4S/c1-4-15-27(24,25)20-14-10-8-12-18(20)21(23)26-16-17-11-7-9-13-19(17)22(5-2)6-3/h7-14H,4-6,15-16H2,1-3H3. The molecule has 0 bridgehead atoms. The summed E-state index contributed by atoms with van der Waals surface area (Å²) in [6.07, 6.45) is 0.489. The second-order valence-electron chi connectivity index (χ2n) is 6.19. The molecule has 6 heteroatoms. The van der Waals surface area contributed by atoms with Gasteiger partial charge < -0.3 is 9.64 Å². The predicted octanol–water partition coefficient (Wildman–Crippen LogP) is 4.07. The van der Waals surface area contributed by atoms with E-state index in [4.69, 9.17) is 4.74 Å². The SMILES string of the molecule is CCCS(=O)(=O)c1ccccc1C(=O)OCc1ccccc1N(CC)CC. The van der Waals surface area contributed by atoms with Crippen molar-refractivity contribution in [2.24, 2.45) is 0 Å². The highest BCUT2D eigenvalue weighted by Crippen LogP contribution is 2.23. The Morgan fingerprint density at radius 3 is 2.26 bits per heavy atom. The van der Waals surface area contributed by atoms with Crippen molar-refractivity contribution < 1.29 is 17.9 Å². The zero-order valence-corrected chi connectivity index (χ0v) is 17.0. The molecule has 0 amide bonds. The molecule has 2 aromatic rings. The number of esters is 1. The molecule has 5 nitrogen and oxygen atoms in total. The monoisotopic (exact) mass is 389 g/mol. The van der Waals surface area contributed by atoms with E-state index in [0.29, 0.717) is 6.42 Å². The molecule has 2 rings (SSSR count). The number of ether oxygens (including phenoxy) is 1. The number of rotatable bonds is 9. The molecule has 0 aliphatic carbocycles. The molecule has 27 heavy (non-hydrogen) atoms. The van der Waals surface area contributed by atoms with Gasteiger partial charge in [-0.2, -0.15) is 0 Å². The summed E-state index contributed by atoms with van der Waals surface area (Å²) in [5.74, 6) is -0.623. The summed E-state index contributed by atoms with van der Waals surface area (Å²) >= 11 is 0. The van der Waals surface area contributed by atoms with Crippen LogP contribution in [0.25, 0.3) is 0 Å². The highest BCUT2D eigenvalue weighted by molar-refractivity contribution is 7.91. The summed E-state index contributed by atoms with van der Waals surface area (Å²) in [6, 6.07) is 14.0. The van der Waals surface area contributed by atoms with Crippen LogP contribution in [0.1, 0.15) is 43.1 Å². The molecule has 0 heterocycles. The minimum absolute atomic E-state index is 0.00207. The Kier molecular flexibility index (Phi) is 7.42. The van der Waals surface area contributed by atoms with E-state index in [1.807, 2.05) is 24.3 Å². The van der Waals surface area contributed by atoms with E-state index in [9.17, 15) is 13.2 Å². The van der Waals surface area contributed by atoms with Gasteiger partial charge in [0.05, 0.1) is 16.2 Å². The van der Waals surface area contributed by atoms with E-state index in [2.05, 4.69) is 18.7 Å². The van der Waals surface area contributed by atoms with Crippen LogP contribution in [0, 0.1) is 0 Å². The van der Waals surface area contributed by atoms with Crippen molar-refractivity contribution in [1.29, 1.82) is 0 Å². The van der Waals surface area contributed by atoms with Crippen LogP contribution in [0.3, 0.4) is 0 Å². The van der Waals surface area contributed by atoms with Gasteiger partial charge >= 0.3 is 5.97 Å². The van der Waals surface area contributed by atoms with Gasteiger partial charge in [-0.15, -0.1) is 0 Å². The number of nitrogens with zero attached hydrogens (tertiary/aromatic N) is 1. The van der Waals surface area contributed by atoms with Crippen molar-refractivity contribution >= 4 is 21.5 Å². The quantitative estimate of drug-likeness (QED) is 0.605. The number of anilines is 1.